The smallest absolute Gasteiger partial charge is 0.209 e. The molecule has 0 aliphatic rings. The van der Waals surface area contributed by atoms with E-state index in [0.29, 0.717) is 0 Å². The predicted octanol–water partition coefficient (Wildman–Crippen LogP) is 4.83. The summed E-state index contributed by atoms with van der Waals surface area (Å²) in [6.45, 7) is 2.13. The lowest BCUT2D eigenvalue weighted by atomic mass is 10.1. The molecule has 21 heavy (non-hydrogen) atoms. The third-order valence-corrected chi connectivity index (χ3v) is 4.63. The standard InChI is InChI=1S/C16H14BrN3S/c1-11-4-2-3-5-13(11)10-21-16-18-15(19-20-16)12-6-8-14(17)9-7-12/h2-9H,10H2,1H3,(H,18,19,20). The Hall–Kier alpha value is -1.59. The molecule has 0 saturated heterocycles. The van der Waals surface area contributed by atoms with E-state index >= 15 is 0 Å². The molecule has 0 saturated carbocycles. The van der Waals surface area contributed by atoms with Crippen molar-refractivity contribution in [2.75, 3.05) is 0 Å². The second-order valence-electron chi connectivity index (χ2n) is 4.69. The Morgan fingerprint density at radius 2 is 1.86 bits per heavy atom. The van der Waals surface area contributed by atoms with Gasteiger partial charge in [0, 0.05) is 15.8 Å². The molecule has 1 aromatic heterocycles. The molecule has 0 radical (unpaired) electrons. The number of halogens is 1. The predicted molar refractivity (Wildman–Crippen MR) is 90.3 cm³/mol. The lowest BCUT2D eigenvalue weighted by molar-refractivity contribution is 0.973. The first-order chi connectivity index (χ1) is 10.2. The molecule has 0 bridgehead atoms. The number of nitrogens with one attached hydrogen (secondary N) is 1. The Morgan fingerprint density at radius 1 is 1.10 bits per heavy atom. The first kappa shape index (κ1) is 14.4. The fourth-order valence-corrected chi connectivity index (χ4v) is 3.10. The summed E-state index contributed by atoms with van der Waals surface area (Å²) in [6, 6.07) is 16.4. The molecule has 0 unspecified atom stereocenters. The van der Waals surface area contributed by atoms with E-state index in [0.717, 1.165) is 26.8 Å². The van der Waals surface area contributed by atoms with Gasteiger partial charge < -0.3 is 0 Å². The van der Waals surface area contributed by atoms with Crippen molar-refractivity contribution < 1.29 is 0 Å². The van der Waals surface area contributed by atoms with Crippen LogP contribution in [0.25, 0.3) is 11.4 Å². The molecule has 106 valence electrons. The summed E-state index contributed by atoms with van der Waals surface area (Å²) in [4.78, 5) is 4.54. The van der Waals surface area contributed by atoms with Crippen LogP contribution in [0.4, 0.5) is 0 Å². The van der Waals surface area contributed by atoms with Crippen molar-refractivity contribution in [3.8, 4) is 11.4 Å². The Bertz CT molecular complexity index is 737. The zero-order valence-electron chi connectivity index (χ0n) is 11.5. The van der Waals surface area contributed by atoms with Crippen LogP contribution in [-0.2, 0) is 5.75 Å². The van der Waals surface area contributed by atoms with Crippen molar-refractivity contribution in [1.29, 1.82) is 0 Å². The number of aromatic nitrogens is 3. The third kappa shape index (κ3) is 3.54. The molecule has 3 nitrogen and oxygen atoms in total. The fraction of sp³-hybridized carbons (Fsp3) is 0.125. The molecule has 5 heteroatoms. The summed E-state index contributed by atoms with van der Waals surface area (Å²) in [5.41, 5.74) is 3.65. The highest BCUT2D eigenvalue weighted by atomic mass is 79.9. The van der Waals surface area contributed by atoms with E-state index in [1.54, 1.807) is 11.8 Å². The van der Waals surface area contributed by atoms with Crippen molar-refractivity contribution in [2.45, 2.75) is 17.8 Å². The third-order valence-electron chi connectivity index (χ3n) is 3.20. The molecule has 0 aliphatic carbocycles. The highest BCUT2D eigenvalue weighted by Gasteiger charge is 2.07. The van der Waals surface area contributed by atoms with Gasteiger partial charge in [-0.05, 0) is 30.2 Å². The molecule has 2 aromatic carbocycles. The quantitative estimate of drug-likeness (QED) is 0.678. The fourth-order valence-electron chi connectivity index (χ4n) is 1.96. The van der Waals surface area contributed by atoms with Crippen molar-refractivity contribution >= 4 is 27.7 Å². The number of benzene rings is 2. The monoisotopic (exact) mass is 359 g/mol. The van der Waals surface area contributed by atoms with Gasteiger partial charge in [-0.2, -0.15) is 0 Å². The molecule has 0 amide bonds. The van der Waals surface area contributed by atoms with Gasteiger partial charge in [-0.1, -0.05) is 64.1 Å². The van der Waals surface area contributed by atoms with E-state index in [2.05, 4.69) is 62.3 Å². The summed E-state index contributed by atoms with van der Waals surface area (Å²) in [7, 11) is 0. The first-order valence-electron chi connectivity index (χ1n) is 6.58. The maximum absolute atomic E-state index is 4.54. The molecule has 3 aromatic rings. The van der Waals surface area contributed by atoms with Crippen LogP contribution in [-0.4, -0.2) is 15.2 Å². The van der Waals surface area contributed by atoms with E-state index in [9.17, 15) is 0 Å². The number of aromatic amines is 1. The zero-order valence-corrected chi connectivity index (χ0v) is 13.9. The molecular weight excluding hydrogens is 346 g/mol. The summed E-state index contributed by atoms with van der Waals surface area (Å²) in [6.07, 6.45) is 0. The minimum atomic E-state index is 0.774. The second-order valence-corrected chi connectivity index (χ2v) is 6.55. The molecule has 1 N–H and O–H groups in total. The van der Waals surface area contributed by atoms with Crippen molar-refractivity contribution in [3.05, 3.63) is 64.1 Å². The molecule has 1 heterocycles. The Morgan fingerprint density at radius 3 is 2.62 bits per heavy atom. The Kier molecular flexibility index (Phi) is 4.41. The second kappa shape index (κ2) is 6.45. The first-order valence-corrected chi connectivity index (χ1v) is 8.36. The number of thioether (sulfide) groups is 1. The normalized spacial score (nSPS) is 10.8. The average Bonchev–Trinajstić information content (AvgIpc) is 2.96. The molecule has 0 spiro atoms. The van der Waals surface area contributed by atoms with Gasteiger partial charge in [0.2, 0.25) is 5.16 Å². The van der Waals surface area contributed by atoms with E-state index in [1.165, 1.54) is 11.1 Å². The number of hydrogen-bond donors (Lipinski definition) is 1. The van der Waals surface area contributed by atoms with Gasteiger partial charge >= 0.3 is 0 Å². The van der Waals surface area contributed by atoms with E-state index in [1.807, 2.05) is 24.3 Å². The maximum atomic E-state index is 4.54. The van der Waals surface area contributed by atoms with Crippen molar-refractivity contribution in [2.24, 2.45) is 0 Å². The van der Waals surface area contributed by atoms with Crippen LogP contribution in [0.2, 0.25) is 0 Å². The van der Waals surface area contributed by atoms with Crippen LogP contribution in [0.3, 0.4) is 0 Å². The molecule has 0 aliphatic heterocycles. The van der Waals surface area contributed by atoms with Crippen LogP contribution >= 0.6 is 27.7 Å². The molecular formula is C16H14BrN3S. The highest BCUT2D eigenvalue weighted by molar-refractivity contribution is 9.10. The van der Waals surface area contributed by atoms with Crippen LogP contribution in [0.1, 0.15) is 11.1 Å². The SMILES string of the molecule is Cc1ccccc1CSc1n[nH]c(-c2ccc(Br)cc2)n1. The van der Waals surface area contributed by atoms with Gasteiger partial charge in [0.25, 0.3) is 0 Å². The number of H-pyrrole nitrogens is 1. The van der Waals surface area contributed by atoms with Crippen LogP contribution in [0.5, 0.6) is 0 Å². The van der Waals surface area contributed by atoms with Crippen LogP contribution < -0.4 is 0 Å². The Labute approximate surface area is 136 Å². The van der Waals surface area contributed by atoms with Gasteiger partial charge in [0.1, 0.15) is 0 Å². The van der Waals surface area contributed by atoms with E-state index in [4.69, 9.17) is 0 Å². The highest BCUT2D eigenvalue weighted by Crippen LogP contribution is 2.24. The van der Waals surface area contributed by atoms with E-state index in [-0.39, 0.29) is 0 Å². The Balaban J connectivity index is 1.71. The summed E-state index contributed by atoms with van der Waals surface area (Å²) in [5, 5.41) is 8.04. The topological polar surface area (TPSA) is 41.6 Å². The summed E-state index contributed by atoms with van der Waals surface area (Å²) in [5.74, 6) is 1.68. The van der Waals surface area contributed by atoms with Gasteiger partial charge in [0.05, 0.1) is 0 Å². The average molecular weight is 360 g/mol. The van der Waals surface area contributed by atoms with Crippen molar-refractivity contribution in [1.82, 2.24) is 15.2 Å². The number of nitrogens with zero attached hydrogens (tertiary/aromatic N) is 2. The number of aryl methyl sites for hydroxylation is 1. The van der Waals surface area contributed by atoms with E-state index < -0.39 is 0 Å². The summed E-state index contributed by atoms with van der Waals surface area (Å²) >= 11 is 5.07. The zero-order chi connectivity index (χ0) is 14.7. The minimum absolute atomic E-state index is 0.774. The maximum Gasteiger partial charge on any atom is 0.209 e. The number of rotatable bonds is 4. The minimum Gasteiger partial charge on any atom is -0.258 e. The van der Waals surface area contributed by atoms with Crippen LogP contribution in [0, 0.1) is 6.92 Å². The van der Waals surface area contributed by atoms with Gasteiger partial charge in [-0.15, -0.1) is 5.10 Å². The van der Waals surface area contributed by atoms with Gasteiger partial charge in [0.15, 0.2) is 5.82 Å². The largest absolute Gasteiger partial charge is 0.258 e. The molecule has 3 rings (SSSR count). The molecule has 0 fully saturated rings. The van der Waals surface area contributed by atoms with Gasteiger partial charge in [-0.25, -0.2) is 4.98 Å². The lowest BCUT2D eigenvalue weighted by Gasteiger charge is -2.02. The van der Waals surface area contributed by atoms with Crippen LogP contribution in [0.15, 0.2) is 58.2 Å². The summed E-state index contributed by atoms with van der Waals surface area (Å²) < 4.78 is 1.06. The number of hydrogen-bond acceptors (Lipinski definition) is 3. The van der Waals surface area contributed by atoms with Crippen molar-refractivity contribution in [3.63, 3.8) is 0 Å². The molecule has 0 atom stereocenters. The van der Waals surface area contributed by atoms with Gasteiger partial charge in [-0.3, -0.25) is 5.10 Å². The lowest BCUT2D eigenvalue weighted by Crippen LogP contribution is -1.86.